The molecule has 2 aromatic rings. The molecule has 2 N–H and O–H groups in total. The number of nitrogens with zero attached hydrogens (tertiary/aromatic N) is 3. The number of ether oxygens (including phenoxy) is 1. The van der Waals surface area contributed by atoms with Crippen LogP contribution in [0.4, 0.5) is 0 Å². The van der Waals surface area contributed by atoms with E-state index in [1.165, 1.54) is 15.6 Å². The van der Waals surface area contributed by atoms with Gasteiger partial charge in [-0.15, -0.1) is 0 Å². The van der Waals surface area contributed by atoms with E-state index in [0.29, 0.717) is 18.1 Å². The number of carbonyl (C=O) groups is 3. The Bertz CT molecular complexity index is 1060. The largest absolute Gasteiger partial charge is 0.494 e. The molecular weight excluding hydrogens is 422 g/mol. The number of hydrogen-bond acceptors (Lipinski definition) is 5. The molecular formula is C24H31N5O4. The Kier molecular flexibility index (Phi) is 6.40. The molecule has 176 valence electrons. The van der Waals surface area contributed by atoms with Gasteiger partial charge in [-0.25, -0.2) is 0 Å². The van der Waals surface area contributed by atoms with Crippen molar-refractivity contribution in [1.82, 2.24) is 25.3 Å². The summed E-state index contributed by atoms with van der Waals surface area (Å²) in [4.78, 5) is 40.4. The van der Waals surface area contributed by atoms with E-state index in [9.17, 15) is 14.4 Å². The van der Waals surface area contributed by atoms with E-state index in [1.54, 1.807) is 14.0 Å². The second-order valence-electron chi connectivity index (χ2n) is 8.89. The SMILES string of the molecule is CCOc1ccccc1CNC(=O)c1cc2n(n1)CC(C)(C(=O)NC1CCCC1)N(C)C2=O. The molecule has 2 aliphatic rings. The van der Waals surface area contributed by atoms with Gasteiger partial charge in [-0.05, 0) is 32.8 Å². The average molecular weight is 454 g/mol. The molecule has 1 aliphatic heterocycles. The maximum Gasteiger partial charge on any atom is 0.272 e. The van der Waals surface area contributed by atoms with Crippen molar-refractivity contribution in [3.63, 3.8) is 0 Å². The Balaban J connectivity index is 1.48. The second-order valence-corrected chi connectivity index (χ2v) is 8.89. The number of nitrogens with one attached hydrogen (secondary N) is 2. The maximum absolute atomic E-state index is 13.1. The molecule has 1 fully saturated rings. The minimum Gasteiger partial charge on any atom is -0.494 e. The minimum atomic E-state index is -1.08. The van der Waals surface area contributed by atoms with Crippen LogP contribution in [-0.2, 0) is 17.9 Å². The van der Waals surface area contributed by atoms with Gasteiger partial charge >= 0.3 is 0 Å². The molecule has 1 aromatic heterocycles. The number of likely N-dealkylation sites (N-methyl/N-ethyl adjacent to an activating group) is 1. The van der Waals surface area contributed by atoms with E-state index in [2.05, 4.69) is 15.7 Å². The van der Waals surface area contributed by atoms with E-state index >= 15 is 0 Å². The Hall–Kier alpha value is -3.36. The highest BCUT2D eigenvalue weighted by atomic mass is 16.5. The molecule has 0 radical (unpaired) electrons. The van der Waals surface area contributed by atoms with Crippen molar-refractivity contribution in [2.24, 2.45) is 0 Å². The van der Waals surface area contributed by atoms with Crippen molar-refractivity contribution < 1.29 is 19.1 Å². The molecule has 0 bridgehead atoms. The van der Waals surface area contributed by atoms with Gasteiger partial charge in [0, 0.05) is 31.3 Å². The van der Waals surface area contributed by atoms with E-state index in [4.69, 9.17) is 4.74 Å². The predicted molar refractivity (Wildman–Crippen MR) is 122 cm³/mol. The Morgan fingerprint density at radius 1 is 1.24 bits per heavy atom. The van der Waals surface area contributed by atoms with Gasteiger partial charge in [-0.1, -0.05) is 31.0 Å². The summed E-state index contributed by atoms with van der Waals surface area (Å²) in [5, 5.41) is 10.3. The van der Waals surface area contributed by atoms with Gasteiger partial charge in [0.15, 0.2) is 5.69 Å². The summed E-state index contributed by atoms with van der Waals surface area (Å²) >= 11 is 0. The number of fused-ring (bicyclic) bond motifs is 1. The van der Waals surface area contributed by atoms with Crippen molar-refractivity contribution in [2.75, 3.05) is 13.7 Å². The van der Waals surface area contributed by atoms with Crippen LogP contribution >= 0.6 is 0 Å². The zero-order chi connectivity index (χ0) is 23.6. The first-order valence-corrected chi connectivity index (χ1v) is 11.5. The van der Waals surface area contributed by atoms with Crippen LogP contribution in [0.25, 0.3) is 0 Å². The monoisotopic (exact) mass is 453 g/mol. The molecule has 0 saturated heterocycles. The van der Waals surface area contributed by atoms with Crippen molar-refractivity contribution >= 4 is 17.7 Å². The third kappa shape index (κ3) is 4.44. The number of amides is 3. The van der Waals surface area contributed by atoms with E-state index in [-0.39, 0.29) is 36.6 Å². The van der Waals surface area contributed by atoms with Crippen molar-refractivity contribution in [3.05, 3.63) is 47.3 Å². The highest BCUT2D eigenvalue weighted by Crippen LogP contribution is 2.27. The van der Waals surface area contributed by atoms with Gasteiger partial charge in [-0.3, -0.25) is 19.1 Å². The summed E-state index contributed by atoms with van der Waals surface area (Å²) in [6.45, 7) is 4.63. The normalized spacial score (nSPS) is 20.5. The number of para-hydroxylation sites is 1. The van der Waals surface area contributed by atoms with Crippen molar-refractivity contribution in [2.45, 2.75) is 64.2 Å². The van der Waals surface area contributed by atoms with Crippen molar-refractivity contribution in [3.8, 4) is 5.75 Å². The zero-order valence-electron chi connectivity index (χ0n) is 19.4. The van der Waals surface area contributed by atoms with Gasteiger partial charge in [0.2, 0.25) is 5.91 Å². The van der Waals surface area contributed by atoms with Crippen LogP contribution in [0, 0.1) is 0 Å². The first-order chi connectivity index (χ1) is 15.8. The fourth-order valence-corrected chi connectivity index (χ4v) is 4.46. The number of rotatable bonds is 7. The van der Waals surface area contributed by atoms with Crippen LogP contribution in [0.3, 0.4) is 0 Å². The molecule has 1 atom stereocenters. The van der Waals surface area contributed by atoms with Gasteiger partial charge in [0.1, 0.15) is 17.0 Å². The topological polar surface area (TPSA) is 106 Å². The van der Waals surface area contributed by atoms with Crippen LogP contribution in [0.1, 0.15) is 66.1 Å². The fourth-order valence-electron chi connectivity index (χ4n) is 4.46. The summed E-state index contributed by atoms with van der Waals surface area (Å²) < 4.78 is 7.07. The van der Waals surface area contributed by atoms with Crippen LogP contribution in [0.5, 0.6) is 5.75 Å². The van der Waals surface area contributed by atoms with E-state index in [1.807, 2.05) is 31.2 Å². The number of aromatic nitrogens is 2. The third-order valence-corrected chi connectivity index (χ3v) is 6.63. The second kappa shape index (κ2) is 9.25. The molecule has 33 heavy (non-hydrogen) atoms. The lowest BCUT2D eigenvalue weighted by molar-refractivity contribution is -0.133. The molecule has 1 aliphatic carbocycles. The molecule has 9 nitrogen and oxygen atoms in total. The van der Waals surface area contributed by atoms with Gasteiger partial charge in [0.05, 0.1) is 13.2 Å². The smallest absolute Gasteiger partial charge is 0.272 e. The van der Waals surface area contributed by atoms with E-state index < -0.39 is 11.4 Å². The molecule has 3 amide bonds. The molecule has 1 saturated carbocycles. The number of carbonyl (C=O) groups excluding carboxylic acids is 3. The third-order valence-electron chi connectivity index (χ3n) is 6.63. The molecule has 1 unspecified atom stereocenters. The van der Waals surface area contributed by atoms with Gasteiger partial charge < -0.3 is 20.3 Å². The maximum atomic E-state index is 13.1. The first kappa shape index (κ1) is 22.8. The highest BCUT2D eigenvalue weighted by Gasteiger charge is 2.46. The summed E-state index contributed by atoms with van der Waals surface area (Å²) in [5.74, 6) is -0.204. The average Bonchev–Trinajstić information content (AvgIpc) is 3.47. The zero-order valence-corrected chi connectivity index (χ0v) is 19.4. The van der Waals surface area contributed by atoms with E-state index in [0.717, 1.165) is 31.2 Å². The summed E-state index contributed by atoms with van der Waals surface area (Å²) in [5.41, 5.74) is 0.205. The molecule has 9 heteroatoms. The Morgan fingerprint density at radius 3 is 2.70 bits per heavy atom. The highest BCUT2D eigenvalue weighted by molar-refractivity contribution is 6.01. The Morgan fingerprint density at radius 2 is 1.97 bits per heavy atom. The van der Waals surface area contributed by atoms with Crippen LogP contribution in [-0.4, -0.2) is 57.6 Å². The quantitative estimate of drug-likeness (QED) is 0.668. The first-order valence-electron chi connectivity index (χ1n) is 11.5. The fraction of sp³-hybridized carbons (Fsp3) is 0.500. The summed E-state index contributed by atoms with van der Waals surface area (Å²) in [7, 11) is 1.62. The van der Waals surface area contributed by atoms with Gasteiger partial charge in [0.25, 0.3) is 11.8 Å². The number of benzene rings is 1. The Labute approximate surface area is 193 Å². The lowest BCUT2D eigenvalue weighted by Gasteiger charge is -2.41. The lowest BCUT2D eigenvalue weighted by Crippen LogP contribution is -2.63. The summed E-state index contributed by atoms with van der Waals surface area (Å²) in [6, 6.07) is 9.13. The standard InChI is InChI=1S/C24H31N5O4/c1-4-33-20-12-8-5-9-16(20)14-25-21(30)18-13-19-22(31)28(3)24(2,15-29(19)27-18)23(32)26-17-10-6-7-11-17/h5,8-9,12-13,17H,4,6-7,10-11,14-15H2,1-3H3,(H,25,30)(H,26,32). The van der Waals surface area contributed by atoms with Crippen LogP contribution in [0.15, 0.2) is 30.3 Å². The van der Waals surface area contributed by atoms with Gasteiger partial charge in [-0.2, -0.15) is 5.10 Å². The van der Waals surface area contributed by atoms with Crippen LogP contribution < -0.4 is 15.4 Å². The van der Waals surface area contributed by atoms with Crippen molar-refractivity contribution in [1.29, 1.82) is 0 Å². The minimum absolute atomic E-state index is 0.140. The predicted octanol–water partition coefficient (Wildman–Crippen LogP) is 2.11. The number of hydrogen-bond donors (Lipinski definition) is 2. The molecule has 4 rings (SSSR count). The molecule has 0 spiro atoms. The van der Waals surface area contributed by atoms with Crippen LogP contribution in [0.2, 0.25) is 0 Å². The molecule has 2 heterocycles. The lowest BCUT2D eigenvalue weighted by atomic mass is 9.95. The molecule has 1 aromatic carbocycles. The summed E-state index contributed by atoms with van der Waals surface area (Å²) in [6.07, 6.45) is 4.13.